The topological polar surface area (TPSA) is 133 Å². The van der Waals surface area contributed by atoms with Gasteiger partial charge in [-0.2, -0.15) is 5.10 Å². The van der Waals surface area contributed by atoms with Crippen molar-refractivity contribution >= 4 is 21.1 Å². The molecule has 0 unspecified atom stereocenters. The summed E-state index contributed by atoms with van der Waals surface area (Å²) in [6.45, 7) is 4.40. The van der Waals surface area contributed by atoms with Crippen LogP contribution in [0.3, 0.4) is 0 Å². The predicted octanol–water partition coefficient (Wildman–Crippen LogP) is 1.71. The zero-order valence-corrected chi connectivity index (χ0v) is 16.8. The molecule has 0 aliphatic rings. The van der Waals surface area contributed by atoms with Crippen molar-refractivity contribution in [2.75, 3.05) is 6.61 Å². The van der Waals surface area contributed by atoms with Crippen LogP contribution in [0, 0.1) is 0 Å². The average molecular weight is 405 g/mol. The molecule has 28 heavy (non-hydrogen) atoms. The van der Waals surface area contributed by atoms with Crippen LogP contribution in [-0.2, 0) is 23.5 Å². The Hall–Kier alpha value is -2.72. The zero-order valence-electron chi connectivity index (χ0n) is 16.0. The SMILES string of the molecule is CCCOc1ccc(S(N)(=O)=O)cc1-c1nc2c(CCC)nn(C)c2c(=O)[nH]1. The van der Waals surface area contributed by atoms with Crippen LogP contribution < -0.4 is 15.4 Å². The highest BCUT2D eigenvalue weighted by molar-refractivity contribution is 7.89. The number of H-pyrrole nitrogens is 1. The van der Waals surface area contributed by atoms with E-state index in [0.717, 1.165) is 12.8 Å². The maximum Gasteiger partial charge on any atom is 0.277 e. The summed E-state index contributed by atoms with van der Waals surface area (Å²) in [5.41, 5.74) is 1.56. The molecular weight excluding hydrogens is 382 g/mol. The minimum absolute atomic E-state index is 0.0888. The molecule has 150 valence electrons. The van der Waals surface area contributed by atoms with Crippen molar-refractivity contribution < 1.29 is 13.2 Å². The van der Waals surface area contributed by atoms with Crippen LogP contribution in [-0.4, -0.2) is 34.8 Å². The fourth-order valence-electron chi connectivity index (χ4n) is 2.99. The first kappa shape index (κ1) is 20.0. The highest BCUT2D eigenvalue weighted by Crippen LogP contribution is 2.31. The Balaban J connectivity index is 2.27. The summed E-state index contributed by atoms with van der Waals surface area (Å²) in [5, 5.41) is 9.66. The van der Waals surface area contributed by atoms with Gasteiger partial charge in [0.1, 0.15) is 17.1 Å². The Morgan fingerprint density at radius 3 is 2.64 bits per heavy atom. The molecule has 3 N–H and O–H groups in total. The van der Waals surface area contributed by atoms with E-state index >= 15 is 0 Å². The van der Waals surface area contributed by atoms with Crippen LogP contribution >= 0.6 is 0 Å². The van der Waals surface area contributed by atoms with Gasteiger partial charge in [-0.05, 0) is 31.0 Å². The van der Waals surface area contributed by atoms with Gasteiger partial charge in [0.05, 0.1) is 22.8 Å². The van der Waals surface area contributed by atoms with Crippen molar-refractivity contribution in [3.63, 3.8) is 0 Å². The minimum atomic E-state index is -3.93. The Labute approximate surface area is 162 Å². The Morgan fingerprint density at radius 2 is 2.00 bits per heavy atom. The number of nitrogens with two attached hydrogens (primary N) is 1. The van der Waals surface area contributed by atoms with Gasteiger partial charge in [0, 0.05) is 7.05 Å². The molecule has 10 heteroatoms. The molecule has 0 fully saturated rings. The third-order valence-corrected chi connectivity index (χ3v) is 5.16. The van der Waals surface area contributed by atoms with E-state index in [2.05, 4.69) is 15.1 Å². The van der Waals surface area contributed by atoms with E-state index in [1.165, 1.54) is 22.9 Å². The highest BCUT2D eigenvalue weighted by Gasteiger charge is 2.19. The fraction of sp³-hybridized carbons (Fsp3) is 0.389. The summed E-state index contributed by atoms with van der Waals surface area (Å²) < 4.78 is 30.8. The number of nitrogens with zero attached hydrogens (tertiary/aromatic N) is 3. The molecular formula is C18H23N5O4S. The van der Waals surface area contributed by atoms with E-state index in [9.17, 15) is 13.2 Å². The summed E-state index contributed by atoms with van der Waals surface area (Å²) in [6.07, 6.45) is 2.29. The second-order valence-corrected chi connectivity index (χ2v) is 8.04. The number of hydrogen-bond acceptors (Lipinski definition) is 6. The molecule has 0 aliphatic heterocycles. The monoisotopic (exact) mass is 405 g/mol. The Bertz CT molecular complexity index is 1180. The number of fused-ring (bicyclic) bond motifs is 1. The number of ether oxygens (including phenoxy) is 1. The van der Waals surface area contributed by atoms with Gasteiger partial charge in [-0.3, -0.25) is 9.48 Å². The quantitative estimate of drug-likeness (QED) is 0.615. The van der Waals surface area contributed by atoms with Crippen LogP contribution in [0.25, 0.3) is 22.4 Å². The lowest BCUT2D eigenvalue weighted by Gasteiger charge is -2.12. The molecule has 9 nitrogen and oxygen atoms in total. The lowest BCUT2D eigenvalue weighted by atomic mass is 10.1. The van der Waals surface area contributed by atoms with Crippen molar-refractivity contribution in [2.45, 2.75) is 38.0 Å². The maximum absolute atomic E-state index is 12.7. The molecule has 0 atom stereocenters. The van der Waals surface area contributed by atoms with Gasteiger partial charge >= 0.3 is 0 Å². The number of rotatable bonds is 7. The number of benzene rings is 1. The molecule has 0 radical (unpaired) electrons. The Morgan fingerprint density at radius 1 is 1.25 bits per heavy atom. The number of nitrogens with one attached hydrogen (secondary N) is 1. The number of sulfonamides is 1. The molecule has 2 aromatic heterocycles. The zero-order chi connectivity index (χ0) is 20.5. The number of aromatic amines is 1. The summed E-state index contributed by atoms with van der Waals surface area (Å²) in [6, 6.07) is 4.25. The van der Waals surface area contributed by atoms with Crippen LogP contribution in [0.1, 0.15) is 32.4 Å². The molecule has 0 bridgehead atoms. The minimum Gasteiger partial charge on any atom is -0.493 e. The largest absolute Gasteiger partial charge is 0.493 e. The van der Waals surface area contributed by atoms with E-state index in [1.54, 1.807) is 7.05 Å². The summed E-state index contributed by atoms with van der Waals surface area (Å²) in [7, 11) is -2.24. The number of aromatic nitrogens is 4. The predicted molar refractivity (Wildman–Crippen MR) is 106 cm³/mol. The Kier molecular flexibility index (Phi) is 5.52. The summed E-state index contributed by atoms with van der Waals surface area (Å²) >= 11 is 0. The van der Waals surface area contributed by atoms with Crippen LogP contribution in [0.2, 0.25) is 0 Å². The third kappa shape index (κ3) is 3.78. The third-order valence-electron chi connectivity index (χ3n) is 4.25. The van der Waals surface area contributed by atoms with E-state index < -0.39 is 10.0 Å². The first-order valence-electron chi connectivity index (χ1n) is 9.02. The van der Waals surface area contributed by atoms with Gasteiger partial charge in [0.25, 0.3) is 5.56 Å². The smallest absolute Gasteiger partial charge is 0.277 e. The molecule has 0 spiro atoms. The van der Waals surface area contributed by atoms with Crippen molar-refractivity contribution in [3.05, 3.63) is 34.2 Å². The van der Waals surface area contributed by atoms with Crippen LogP contribution in [0.15, 0.2) is 27.9 Å². The van der Waals surface area contributed by atoms with Crippen LogP contribution in [0.5, 0.6) is 5.75 Å². The van der Waals surface area contributed by atoms with Gasteiger partial charge < -0.3 is 9.72 Å². The normalized spacial score (nSPS) is 11.9. The highest BCUT2D eigenvalue weighted by atomic mass is 32.2. The van der Waals surface area contributed by atoms with Crippen molar-refractivity contribution in [1.82, 2.24) is 19.7 Å². The number of aryl methyl sites for hydroxylation is 2. The van der Waals surface area contributed by atoms with Gasteiger partial charge in [-0.15, -0.1) is 0 Å². The molecule has 3 aromatic rings. The van der Waals surface area contributed by atoms with Gasteiger partial charge in [0.2, 0.25) is 10.0 Å². The summed E-state index contributed by atoms with van der Waals surface area (Å²) in [4.78, 5) is 19.9. The molecule has 3 rings (SSSR count). The second-order valence-electron chi connectivity index (χ2n) is 6.48. The molecule has 0 amide bonds. The first-order chi connectivity index (χ1) is 13.3. The van der Waals surface area contributed by atoms with Gasteiger partial charge in [-0.1, -0.05) is 20.3 Å². The lowest BCUT2D eigenvalue weighted by molar-refractivity contribution is 0.318. The van der Waals surface area contributed by atoms with Crippen LogP contribution in [0.4, 0.5) is 0 Å². The fourth-order valence-corrected chi connectivity index (χ4v) is 3.53. The van der Waals surface area contributed by atoms with E-state index in [1.807, 2.05) is 13.8 Å². The van der Waals surface area contributed by atoms with Gasteiger partial charge in [-0.25, -0.2) is 18.5 Å². The molecule has 2 heterocycles. The first-order valence-corrected chi connectivity index (χ1v) is 10.6. The number of primary sulfonamides is 1. The van der Waals surface area contributed by atoms with E-state index in [4.69, 9.17) is 9.88 Å². The molecule has 0 saturated heterocycles. The van der Waals surface area contributed by atoms with E-state index in [0.29, 0.717) is 41.1 Å². The molecule has 0 aliphatic carbocycles. The van der Waals surface area contributed by atoms with Crippen molar-refractivity contribution in [3.8, 4) is 17.1 Å². The summed E-state index contributed by atoms with van der Waals surface area (Å²) in [5.74, 6) is 0.622. The second kappa shape index (κ2) is 7.72. The maximum atomic E-state index is 12.7. The standard InChI is InChI=1S/C18H23N5O4S/c1-4-6-13-15-16(23(3)22-13)18(24)21-17(20-15)12-10-11(28(19,25)26)7-8-14(12)27-9-5-2/h7-8,10H,4-6,9H2,1-3H3,(H2,19,25,26)(H,20,21,24). The van der Waals surface area contributed by atoms with E-state index in [-0.39, 0.29) is 16.3 Å². The van der Waals surface area contributed by atoms with Crippen molar-refractivity contribution in [2.24, 2.45) is 12.2 Å². The molecule has 1 aromatic carbocycles. The lowest BCUT2D eigenvalue weighted by Crippen LogP contribution is -2.14. The average Bonchev–Trinajstić information content (AvgIpc) is 2.95. The van der Waals surface area contributed by atoms with Crippen molar-refractivity contribution in [1.29, 1.82) is 0 Å². The molecule has 0 saturated carbocycles. The number of hydrogen-bond donors (Lipinski definition) is 2. The van der Waals surface area contributed by atoms with Gasteiger partial charge in [0.15, 0.2) is 5.52 Å².